The molecule has 2 heterocycles. The van der Waals surface area contributed by atoms with Crippen molar-refractivity contribution in [3.8, 4) is 0 Å². The molecule has 1 aliphatic rings. The first-order valence-electron chi connectivity index (χ1n) is 7.33. The van der Waals surface area contributed by atoms with Gasteiger partial charge in [-0.2, -0.15) is 0 Å². The number of nitrogens with two attached hydrogens (primary N) is 1. The average molecular weight is 317 g/mol. The van der Waals surface area contributed by atoms with Crippen molar-refractivity contribution in [2.45, 2.75) is 52.0 Å². The lowest BCUT2D eigenvalue weighted by Crippen LogP contribution is -2.39. The third-order valence-corrected chi connectivity index (χ3v) is 5.10. The Morgan fingerprint density at radius 2 is 2.25 bits per heavy atom. The highest BCUT2D eigenvalue weighted by Crippen LogP contribution is 2.28. The number of carbonyl (C=O) groups excluding carboxylic acids is 1. The van der Waals surface area contributed by atoms with Crippen LogP contribution >= 0.6 is 23.7 Å². The summed E-state index contributed by atoms with van der Waals surface area (Å²) < 4.78 is 0. The van der Waals surface area contributed by atoms with Crippen LogP contribution in [0.5, 0.6) is 0 Å². The summed E-state index contributed by atoms with van der Waals surface area (Å²) in [6.07, 6.45) is 5.37. The number of hydrogen-bond acceptors (Lipinski definition) is 3. The van der Waals surface area contributed by atoms with Gasteiger partial charge in [0.25, 0.3) is 5.91 Å². The van der Waals surface area contributed by atoms with Crippen LogP contribution in [0.2, 0.25) is 0 Å². The zero-order valence-electron chi connectivity index (χ0n) is 12.4. The maximum atomic E-state index is 12.6. The SMILES string of the molecule is CCCc1sc(C(=O)N2CCCC2CN)cc1CC.Cl. The van der Waals surface area contributed by atoms with E-state index >= 15 is 0 Å². The molecule has 1 amide bonds. The summed E-state index contributed by atoms with van der Waals surface area (Å²) in [5.74, 6) is 0.190. The zero-order chi connectivity index (χ0) is 13.8. The lowest BCUT2D eigenvalue weighted by atomic mass is 10.1. The van der Waals surface area contributed by atoms with E-state index in [4.69, 9.17) is 5.73 Å². The summed E-state index contributed by atoms with van der Waals surface area (Å²) in [6.45, 7) is 5.79. The van der Waals surface area contributed by atoms with Gasteiger partial charge in [0.1, 0.15) is 0 Å². The summed E-state index contributed by atoms with van der Waals surface area (Å²) in [5.41, 5.74) is 7.10. The predicted molar refractivity (Wildman–Crippen MR) is 88.1 cm³/mol. The number of thiophene rings is 1. The van der Waals surface area contributed by atoms with E-state index in [9.17, 15) is 4.79 Å². The van der Waals surface area contributed by atoms with Crippen molar-refractivity contribution in [2.24, 2.45) is 5.73 Å². The van der Waals surface area contributed by atoms with E-state index in [1.165, 1.54) is 10.4 Å². The van der Waals surface area contributed by atoms with Crippen LogP contribution in [0.1, 0.15) is 53.2 Å². The van der Waals surface area contributed by atoms with Crippen LogP contribution in [0.15, 0.2) is 6.07 Å². The fourth-order valence-corrected chi connectivity index (χ4v) is 4.11. The zero-order valence-corrected chi connectivity index (χ0v) is 14.0. The Morgan fingerprint density at radius 3 is 2.85 bits per heavy atom. The molecule has 0 saturated carbocycles. The molecule has 0 spiro atoms. The second kappa shape index (κ2) is 8.01. The fraction of sp³-hybridized carbons (Fsp3) is 0.667. The maximum absolute atomic E-state index is 12.6. The van der Waals surface area contributed by atoms with E-state index in [0.717, 1.165) is 43.5 Å². The maximum Gasteiger partial charge on any atom is 0.264 e. The molecular formula is C15H25ClN2OS. The van der Waals surface area contributed by atoms with E-state index in [-0.39, 0.29) is 24.4 Å². The highest BCUT2D eigenvalue weighted by molar-refractivity contribution is 7.14. The van der Waals surface area contributed by atoms with Gasteiger partial charge in [0, 0.05) is 24.0 Å². The molecule has 5 heteroatoms. The van der Waals surface area contributed by atoms with Crippen molar-refractivity contribution in [3.63, 3.8) is 0 Å². The van der Waals surface area contributed by atoms with Gasteiger partial charge in [0.05, 0.1) is 4.88 Å². The molecule has 0 bridgehead atoms. The van der Waals surface area contributed by atoms with Gasteiger partial charge in [-0.3, -0.25) is 4.79 Å². The molecule has 1 aliphatic heterocycles. The Bertz CT molecular complexity index is 447. The molecule has 1 unspecified atom stereocenters. The molecule has 114 valence electrons. The third kappa shape index (κ3) is 3.54. The molecule has 1 saturated heterocycles. The first-order chi connectivity index (χ1) is 9.21. The van der Waals surface area contributed by atoms with Gasteiger partial charge in [-0.15, -0.1) is 23.7 Å². The number of amides is 1. The predicted octanol–water partition coefficient (Wildman–Crippen LogP) is 3.25. The smallest absolute Gasteiger partial charge is 0.264 e. The van der Waals surface area contributed by atoms with E-state index in [2.05, 4.69) is 19.9 Å². The van der Waals surface area contributed by atoms with Crippen LogP contribution in [-0.2, 0) is 12.8 Å². The lowest BCUT2D eigenvalue weighted by molar-refractivity contribution is 0.0746. The van der Waals surface area contributed by atoms with Gasteiger partial charge < -0.3 is 10.6 Å². The Labute approximate surface area is 131 Å². The number of likely N-dealkylation sites (tertiary alicyclic amines) is 1. The fourth-order valence-electron chi connectivity index (χ4n) is 2.80. The summed E-state index contributed by atoms with van der Waals surface area (Å²) in [5, 5.41) is 0. The normalized spacial score (nSPS) is 18.1. The lowest BCUT2D eigenvalue weighted by Gasteiger charge is -2.22. The van der Waals surface area contributed by atoms with E-state index in [1.54, 1.807) is 11.3 Å². The van der Waals surface area contributed by atoms with Crippen LogP contribution < -0.4 is 5.73 Å². The van der Waals surface area contributed by atoms with Crippen LogP contribution in [-0.4, -0.2) is 29.9 Å². The van der Waals surface area contributed by atoms with Crippen LogP contribution in [0.4, 0.5) is 0 Å². The van der Waals surface area contributed by atoms with E-state index < -0.39 is 0 Å². The van der Waals surface area contributed by atoms with Crippen molar-refractivity contribution in [2.75, 3.05) is 13.1 Å². The van der Waals surface area contributed by atoms with Gasteiger partial charge in [-0.1, -0.05) is 20.3 Å². The second-order valence-electron chi connectivity index (χ2n) is 5.19. The molecule has 20 heavy (non-hydrogen) atoms. The van der Waals surface area contributed by atoms with E-state index in [0.29, 0.717) is 6.54 Å². The molecule has 0 aliphatic carbocycles. The topological polar surface area (TPSA) is 46.3 Å². The monoisotopic (exact) mass is 316 g/mol. The Kier molecular flexibility index (Phi) is 7.00. The number of hydrogen-bond donors (Lipinski definition) is 1. The highest BCUT2D eigenvalue weighted by Gasteiger charge is 2.29. The van der Waals surface area contributed by atoms with E-state index in [1.807, 2.05) is 4.90 Å². The molecule has 3 nitrogen and oxygen atoms in total. The number of nitrogens with zero attached hydrogens (tertiary/aromatic N) is 1. The van der Waals surface area contributed by atoms with Crippen molar-refractivity contribution < 1.29 is 4.79 Å². The van der Waals surface area contributed by atoms with Gasteiger partial charge in [-0.05, 0) is 37.3 Å². The Morgan fingerprint density at radius 1 is 1.50 bits per heavy atom. The molecule has 1 fully saturated rings. The number of halogens is 1. The molecule has 0 aromatic carbocycles. The minimum atomic E-state index is 0. The largest absolute Gasteiger partial charge is 0.334 e. The third-order valence-electron chi connectivity index (χ3n) is 3.88. The molecule has 0 radical (unpaired) electrons. The quantitative estimate of drug-likeness (QED) is 0.906. The second-order valence-corrected chi connectivity index (χ2v) is 6.33. The standard InChI is InChI=1S/C15H24N2OS.ClH/c1-3-6-13-11(4-2)9-14(19-13)15(18)17-8-5-7-12(17)10-16;/h9,12H,3-8,10,16H2,1-2H3;1H. The number of carbonyl (C=O) groups is 1. The van der Waals surface area contributed by atoms with Crippen LogP contribution in [0, 0.1) is 0 Å². The van der Waals surface area contributed by atoms with Gasteiger partial charge in [0.2, 0.25) is 0 Å². The molecular weight excluding hydrogens is 292 g/mol. The summed E-state index contributed by atoms with van der Waals surface area (Å²) in [4.78, 5) is 16.8. The highest BCUT2D eigenvalue weighted by atomic mass is 35.5. The van der Waals surface area contributed by atoms with Gasteiger partial charge >= 0.3 is 0 Å². The van der Waals surface area contributed by atoms with Crippen molar-refractivity contribution >= 4 is 29.7 Å². The van der Waals surface area contributed by atoms with Crippen molar-refractivity contribution in [3.05, 3.63) is 21.4 Å². The number of rotatable bonds is 5. The summed E-state index contributed by atoms with van der Waals surface area (Å²) >= 11 is 1.68. The van der Waals surface area contributed by atoms with Gasteiger partial charge in [-0.25, -0.2) is 0 Å². The average Bonchev–Trinajstić information content (AvgIpc) is 3.04. The van der Waals surface area contributed by atoms with Crippen LogP contribution in [0.25, 0.3) is 0 Å². The molecule has 2 N–H and O–H groups in total. The number of aryl methyl sites for hydroxylation is 2. The molecule has 1 aromatic heterocycles. The molecule has 1 atom stereocenters. The Balaban J connectivity index is 0.00000200. The summed E-state index contributed by atoms with van der Waals surface area (Å²) in [6, 6.07) is 2.35. The van der Waals surface area contributed by atoms with Crippen molar-refractivity contribution in [1.29, 1.82) is 0 Å². The van der Waals surface area contributed by atoms with Gasteiger partial charge in [0.15, 0.2) is 0 Å². The van der Waals surface area contributed by atoms with Crippen LogP contribution in [0.3, 0.4) is 0 Å². The first-order valence-corrected chi connectivity index (χ1v) is 8.15. The molecule has 1 aromatic rings. The van der Waals surface area contributed by atoms with Crippen molar-refractivity contribution in [1.82, 2.24) is 4.90 Å². The first kappa shape index (κ1) is 17.5. The Hall–Kier alpha value is -0.580. The molecule has 2 rings (SSSR count). The minimum Gasteiger partial charge on any atom is -0.334 e. The summed E-state index contributed by atoms with van der Waals surface area (Å²) in [7, 11) is 0. The minimum absolute atomic E-state index is 0.